The zero-order chi connectivity index (χ0) is 14.4. The van der Waals surface area contributed by atoms with Crippen molar-refractivity contribution in [1.82, 2.24) is 4.90 Å². The highest BCUT2D eigenvalue weighted by molar-refractivity contribution is 5.56. The standard InChI is InChI=1S/C14H21N3O3/c1-2-15-12-9-13(17(18)19)11-14(10-12)20-8-7-16-5-3-4-6-16/h9-11,15H,2-8H2,1H3. The van der Waals surface area contributed by atoms with Gasteiger partial charge in [0.2, 0.25) is 0 Å². The lowest BCUT2D eigenvalue weighted by atomic mass is 10.2. The number of nitrogens with zero attached hydrogens (tertiary/aromatic N) is 2. The van der Waals surface area contributed by atoms with Gasteiger partial charge in [-0.1, -0.05) is 0 Å². The van der Waals surface area contributed by atoms with E-state index < -0.39 is 4.92 Å². The van der Waals surface area contributed by atoms with Gasteiger partial charge in [-0.3, -0.25) is 15.0 Å². The van der Waals surface area contributed by atoms with E-state index in [1.807, 2.05) is 6.92 Å². The van der Waals surface area contributed by atoms with Gasteiger partial charge in [-0.25, -0.2) is 0 Å². The fourth-order valence-electron chi connectivity index (χ4n) is 2.38. The molecule has 1 heterocycles. The second-order valence-electron chi connectivity index (χ2n) is 4.90. The van der Waals surface area contributed by atoms with Crippen LogP contribution in [0, 0.1) is 10.1 Å². The Hall–Kier alpha value is -1.82. The molecule has 1 aliphatic heterocycles. The maximum atomic E-state index is 10.9. The van der Waals surface area contributed by atoms with Crippen LogP contribution in [0.2, 0.25) is 0 Å². The van der Waals surface area contributed by atoms with Gasteiger partial charge in [0, 0.05) is 30.9 Å². The van der Waals surface area contributed by atoms with Crippen LogP contribution >= 0.6 is 0 Å². The smallest absolute Gasteiger partial charge is 0.275 e. The second kappa shape index (κ2) is 7.09. The predicted molar refractivity (Wildman–Crippen MR) is 78.4 cm³/mol. The second-order valence-corrected chi connectivity index (χ2v) is 4.90. The number of non-ortho nitro benzene ring substituents is 1. The van der Waals surface area contributed by atoms with E-state index in [9.17, 15) is 10.1 Å². The maximum absolute atomic E-state index is 10.9. The monoisotopic (exact) mass is 279 g/mol. The van der Waals surface area contributed by atoms with Crippen molar-refractivity contribution in [3.8, 4) is 5.75 Å². The van der Waals surface area contributed by atoms with Crippen LogP contribution in [0.1, 0.15) is 19.8 Å². The first-order valence-corrected chi connectivity index (χ1v) is 7.07. The Morgan fingerprint density at radius 1 is 1.35 bits per heavy atom. The Bertz CT molecular complexity index is 459. The van der Waals surface area contributed by atoms with Gasteiger partial charge in [0.25, 0.3) is 5.69 Å². The molecule has 0 aliphatic carbocycles. The number of ether oxygens (including phenoxy) is 1. The molecule has 20 heavy (non-hydrogen) atoms. The molecule has 110 valence electrons. The maximum Gasteiger partial charge on any atom is 0.275 e. The third-order valence-corrected chi connectivity index (χ3v) is 3.36. The number of rotatable bonds is 7. The number of benzene rings is 1. The third kappa shape index (κ3) is 4.09. The largest absolute Gasteiger partial charge is 0.492 e. The molecule has 0 radical (unpaired) electrons. The first kappa shape index (κ1) is 14.6. The van der Waals surface area contributed by atoms with Crippen LogP contribution in [-0.2, 0) is 0 Å². The Kier molecular flexibility index (Phi) is 5.17. The normalized spacial score (nSPS) is 15.2. The highest BCUT2D eigenvalue weighted by atomic mass is 16.6. The number of nitro groups is 1. The zero-order valence-corrected chi connectivity index (χ0v) is 11.8. The van der Waals surface area contributed by atoms with Crippen molar-refractivity contribution >= 4 is 11.4 Å². The summed E-state index contributed by atoms with van der Waals surface area (Å²) in [7, 11) is 0. The van der Waals surface area contributed by atoms with Crippen LogP contribution in [0.5, 0.6) is 5.75 Å². The quantitative estimate of drug-likeness (QED) is 0.613. The molecule has 0 unspecified atom stereocenters. The van der Waals surface area contributed by atoms with E-state index in [1.165, 1.54) is 25.0 Å². The average Bonchev–Trinajstić information content (AvgIpc) is 2.92. The molecule has 1 N–H and O–H groups in total. The molecule has 1 aromatic carbocycles. The summed E-state index contributed by atoms with van der Waals surface area (Å²) >= 11 is 0. The molecule has 0 saturated carbocycles. The predicted octanol–water partition coefficient (Wildman–Crippen LogP) is 2.50. The lowest BCUT2D eigenvalue weighted by molar-refractivity contribution is -0.384. The number of hydrogen-bond acceptors (Lipinski definition) is 5. The molecule has 6 heteroatoms. The molecule has 6 nitrogen and oxygen atoms in total. The molecule has 1 aliphatic rings. The minimum atomic E-state index is -0.395. The van der Waals surface area contributed by atoms with Crippen LogP contribution in [-0.4, -0.2) is 42.6 Å². The molecule has 1 aromatic rings. The third-order valence-electron chi connectivity index (χ3n) is 3.36. The molecule has 0 bridgehead atoms. The van der Waals surface area contributed by atoms with E-state index in [2.05, 4.69) is 10.2 Å². The van der Waals surface area contributed by atoms with Gasteiger partial charge in [0.15, 0.2) is 0 Å². The van der Waals surface area contributed by atoms with E-state index in [1.54, 1.807) is 6.07 Å². The van der Waals surface area contributed by atoms with Crippen molar-refractivity contribution < 1.29 is 9.66 Å². The van der Waals surface area contributed by atoms with Crippen LogP contribution in [0.15, 0.2) is 18.2 Å². The molecule has 1 saturated heterocycles. The number of nitro benzene ring substituents is 1. The summed E-state index contributed by atoms with van der Waals surface area (Å²) in [5, 5.41) is 14.0. The molecule has 0 spiro atoms. The number of likely N-dealkylation sites (tertiary alicyclic amines) is 1. The highest BCUT2D eigenvalue weighted by Gasteiger charge is 2.13. The van der Waals surface area contributed by atoms with Crippen molar-refractivity contribution in [2.45, 2.75) is 19.8 Å². The molecular weight excluding hydrogens is 258 g/mol. The molecular formula is C14H21N3O3. The summed E-state index contributed by atoms with van der Waals surface area (Å²) in [5.74, 6) is 0.550. The van der Waals surface area contributed by atoms with Gasteiger partial charge in [-0.05, 0) is 32.9 Å². The number of hydrogen-bond donors (Lipinski definition) is 1. The van der Waals surface area contributed by atoms with E-state index in [-0.39, 0.29) is 5.69 Å². The van der Waals surface area contributed by atoms with Crippen molar-refractivity contribution in [3.05, 3.63) is 28.3 Å². The van der Waals surface area contributed by atoms with Crippen molar-refractivity contribution in [2.75, 3.05) is 38.1 Å². The van der Waals surface area contributed by atoms with Crippen LogP contribution < -0.4 is 10.1 Å². The van der Waals surface area contributed by atoms with Gasteiger partial charge in [-0.2, -0.15) is 0 Å². The van der Waals surface area contributed by atoms with Crippen LogP contribution in [0.4, 0.5) is 11.4 Å². The summed E-state index contributed by atoms with van der Waals surface area (Å²) in [5.41, 5.74) is 0.775. The molecule has 0 aromatic heterocycles. The van der Waals surface area contributed by atoms with E-state index >= 15 is 0 Å². The minimum absolute atomic E-state index is 0.0552. The van der Waals surface area contributed by atoms with Crippen molar-refractivity contribution in [1.29, 1.82) is 0 Å². The van der Waals surface area contributed by atoms with Crippen molar-refractivity contribution in [3.63, 3.8) is 0 Å². The fourth-order valence-corrected chi connectivity index (χ4v) is 2.38. The summed E-state index contributed by atoms with van der Waals surface area (Å²) in [4.78, 5) is 12.9. The lowest BCUT2D eigenvalue weighted by Gasteiger charge is -2.15. The average molecular weight is 279 g/mol. The lowest BCUT2D eigenvalue weighted by Crippen LogP contribution is -2.25. The summed E-state index contributed by atoms with van der Waals surface area (Å²) in [6.45, 7) is 6.36. The summed E-state index contributed by atoms with van der Waals surface area (Å²) < 4.78 is 5.66. The first-order chi connectivity index (χ1) is 9.69. The molecule has 2 rings (SSSR count). The van der Waals surface area contributed by atoms with E-state index in [4.69, 9.17) is 4.74 Å². The van der Waals surface area contributed by atoms with Gasteiger partial charge in [0.05, 0.1) is 11.0 Å². The minimum Gasteiger partial charge on any atom is -0.492 e. The van der Waals surface area contributed by atoms with Gasteiger partial charge >= 0.3 is 0 Å². The van der Waals surface area contributed by atoms with Crippen LogP contribution in [0.25, 0.3) is 0 Å². The first-order valence-electron chi connectivity index (χ1n) is 7.07. The Labute approximate surface area is 118 Å². The zero-order valence-electron chi connectivity index (χ0n) is 11.8. The Morgan fingerprint density at radius 3 is 2.75 bits per heavy atom. The number of anilines is 1. The molecule has 0 atom stereocenters. The van der Waals surface area contributed by atoms with Crippen molar-refractivity contribution in [2.24, 2.45) is 0 Å². The topological polar surface area (TPSA) is 67.6 Å². The Morgan fingerprint density at radius 2 is 2.10 bits per heavy atom. The SMILES string of the molecule is CCNc1cc(OCCN2CCCC2)cc([N+](=O)[O-])c1. The highest BCUT2D eigenvalue weighted by Crippen LogP contribution is 2.26. The van der Waals surface area contributed by atoms with Gasteiger partial charge in [-0.15, -0.1) is 0 Å². The molecule has 1 fully saturated rings. The van der Waals surface area contributed by atoms with Crippen LogP contribution in [0.3, 0.4) is 0 Å². The Balaban J connectivity index is 1.96. The number of nitrogens with one attached hydrogen (secondary N) is 1. The molecule has 0 amide bonds. The summed E-state index contributed by atoms with van der Waals surface area (Å²) in [6, 6.07) is 4.81. The van der Waals surface area contributed by atoms with Gasteiger partial charge in [0.1, 0.15) is 12.4 Å². The fraction of sp³-hybridized carbons (Fsp3) is 0.571. The summed E-state index contributed by atoms with van der Waals surface area (Å²) in [6.07, 6.45) is 2.50. The van der Waals surface area contributed by atoms with E-state index in [0.717, 1.165) is 25.3 Å². The van der Waals surface area contributed by atoms with E-state index in [0.29, 0.717) is 18.9 Å². The van der Waals surface area contributed by atoms with Gasteiger partial charge < -0.3 is 10.1 Å².